The van der Waals surface area contributed by atoms with E-state index < -0.39 is 0 Å². The topological polar surface area (TPSA) is 39.2 Å². The minimum Gasteiger partial charge on any atom is -0.461 e. The summed E-state index contributed by atoms with van der Waals surface area (Å²) in [7, 11) is 0. The van der Waals surface area contributed by atoms with Gasteiger partial charge in [-0.05, 0) is 13.3 Å². The van der Waals surface area contributed by atoms with Gasteiger partial charge in [0.05, 0.1) is 6.61 Å². The van der Waals surface area contributed by atoms with Crippen LogP contribution in [0.15, 0.2) is 6.20 Å². The summed E-state index contributed by atoms with van der Waals surface area (Å²) in [5.74, 6) is -0.317. The van der Waals surface area contributed by atoms with Crippen LogP contribution in [0.1, 0.15) is 28.5 Å². The molecule has 0 atom stereocenters. The van der Waals surface area contributed by atoms with Crippen LogP contribution in [-0.4, -0.2) is 17.6 Å². The van der Waals surface area contributed by atoms with Crippen molar-refractivity contribution in [3.05, 3.63) is 16.1 Å². The zero-order valence-corrected chi connectivity index (χ0v) is 7.98. The highest BCUT2D eigenvalue weighted by atomic mass is 32.1. The van der Waals surface area contributed by atoms with Crippen LogP contribution >= 0.6 is 11.3 Å². The lowest BCUT2D eigenvalue weighted by atomic mass is 10.4. The highest BCUT2D eigenvalue weighted by Crippen LogP contribution is 2.13. The zero-order chi connectivity index (χ0) is 8.97. The van der Waals surface area contributed by atoms with E-state index in [1.807, 2.05) is 6.92 Å². The Morgan fingerprint density at radius 2 is 2.42 bits per heavy atom. The van der Waals surface area contributed by atoms with Gasteiger partial charge in [-0.25, -0.2) is 9.78 Å². The SMILES string of the molecule is CCOC(=O)c1ncc(CC)s1. The Hall–Kier alpha value is -0.900. The Kier molecular flexibility index (Phi) is 3.22. The van der Waals surface area contributed by atoms with Crippen molar-refractivity contribution in [1.29, 1.82) is 0 Å². The number of esters is 1. The van der Waals surface area contributed by atoms with Crippen LogP contribution in [0, 0.1) is 0 Å². The molecule has 1 heterocycles. The fourth-order valence-corrected chi connectivity index (χ4v) is 1.50. The van der Waals surface area contributed by atoms with Gasteiger partial charge in [0.15, 0.2) is 0 Å². The third-order valence-electron chi connectivity index (χ3n) is 1.35. The number of hydrogen-bond acceptors (Lipinski definition) is 4. The molecule has 0 saturated heterocycles. The average Bonchev–Trinajstić information content (AvgIpc) is 2.52. The lowest BCUT2D eigenvalue weighted by Crippen LogP contribution is -2.03. The highest BCUT2D eigenvalue weighted by Gasteiger charge is 2.10. The molecule has 0 saturated carbocycles. The highest BCUT2D eigenvalue weighted by molar-refractivity contribution is 7.13. The van der Waals surface area contributed by atoms with E-state index in [4.69, 9.17) is 4.74 Å². The van der Waals surface area contributed by atoms with Crippen LogP contribution < -0.4 is 0 Å². The van der Waals surface area contributed by atoms with Crippen molar-refractivity contribution in [3.63, 3.8) is 0 Å². The molecule has 0 aromatic carbocycles. The monoisotopic (exact) mass is 185 g/mol. The molecule has 3 nitrogen and oxygen atoms in total. The Bertz CT molecular complexity index is 270. The fraction of sp³-hybridized carbons (Fsp3) is 0.500. The van der Waals surface area contributed by atoms with E-state index >= 15 is 0 Å². The Morgan fingerprint density at radius 1 is 1.67 bits per heavy atom. The minimum atomic E-state index is -0.317. The summed E-state index contributed by atoms with van der Waals surface area (Å²) in [5, 5.41) is 0.453. The van der Waals surface area contributed by atoms with Crippen molar-refractivity contribution in [2.24, 2.45) is 0 Å². The summed E-state index contributed by atoms with van der Waals surface area (Å²) in [6, 6.07) is 0. The van der Waals surface area contributed by atoms with Gasteiger partial charge in [-0.15, -0.1) is 11.3 Å². The van der Waals surface area contributed by atoms with Crippen molar-refractivity contribution in [2.45, 2.75) is 20.3 Å². The third-order valence-corrected chi connectivity index (χ3v) is 2.47. The first-order chi connectivity index (χ1) is 5.77. The Morgan fingerprint density at radius 3 is 2.92 bits per heavy atom. The van der Waals surface area contributed by atoms with Gasteiger partial charge in [0.2, 0.25) is 5.01 Å². The number of carbonyl (C=O) groups excluding carboxylic acids is 1. The van der Waals surface area contributed by atoms with Gasteiger partial charge >= 0.3 is 5.97 Å². The molecule has 1 aromatic rings. The fourth-order valence-electron chi connectivity index (χ4n) is 0.758. The minimum absolute atomic E-state index is 0.317. The number of thiazole rings is 1. The quantitative estimate of drug-likeness (QED) is 0.675. The summed E-state index contributed by atoms with van der Waals surface area (Å²) < 4.78 is 4.79. The second kappa shape index (κ2) is 4.21. The molecule has 0 radical (unpaired) electrons. The van der Waals surface area contributed by atoms with Crippen LogP contribution in [0.25, 0.3) is 0 Å². The predicted octanol–water partition coefficient (Wildman–Crippen LogP) is 1.88. The number of rotatable bonds is 3. The summed E-state index contributed by atoms with van der Waals surface area (Å²) in [4.78, 5) is 16.2. The van der Waals surface area contributed by atoms with Crippen LogP contribution in [0.2, 0.25) is 0 Å². The number of carbonyl (C=O) groups is 1. The molecule has 12 heavy (non-hydrogen) atoms. The standard InChI is InChI=1S/C8H11NO2S/c1-3-6-5-9-7(12-6)8(10)11-4-2/h5H,3-4H2,1-2H3. The number of hydrogen-bond donors (Lipinski definition) is 0. The normalized spacial score (nSPS) is 9.83. The molecule has 1 rings (SSSR count). The lowest BCUT2D eigenvalue weighted by Gasteiger charge is -1.94. The van der Waals surface area contributed by atoms with Gasteiger partial charge in [-0.2, -0.15) is 0 Å². The predicted molar refractivity (Wildman–Crippen MR) is 47.4 cm³/mol. The molecule has 0 amide bonds. The van der Waals surface area contributed by atoms with Gasteiger partial charge in [-0.1, -0.05) is 6.92 Å². The van der Waals surface area contributed by atoms with Crippen molar-refractivity contribution in [2.75, 3.05) is 6.61 Å². The maximum Gasteiger partial charge on any atom is 0.367 e. The molecule has 0 aliphatic carbocycles. The van der Waals surface area contributed by atoms with E-state index in [0.29, 0.717) is 11.6 Å². The van der Waals surface area contributed by atoms with Crippen molar-refractivity contribution >= 4 is 17.3 Å². The average molecular weight is 185 g/mol. The van der Waals surface area contributed by atoms with E-state index in [2.05, 4.69) is 4.98 Å². The number of aromatic nitrogens is 1. The van der Waals surface area contributed by atoms with Crippen LogP contribution in [0.4, 0.5) is 0 Å². The molecule has 4 heteroatoms. The summed E-state index contributed by atoms with van der Waals surface area (Å²) in [6.45, 7) is 4.22. The molecule has 0 bridgehead atoms. The Labute approximate surface area is 75.4 Å². The van der Waals surface area contributed by atoms with E-state index in [1.54, 1.807) is 13.1 Å². The van der Waals surface area contributed by atoms with E-state index in [-0.39, 0.29) is 5.97 Å². The smallest absolute Gasteiger partial charge is 0.367 e. The van der Waals surface area contributed by atoms with Crippen molar-refractivity contribution < 1.29 is 9.53 Å². The first-order valence-corrected chi connectivity index (χ1v) is 4.71. The van der Waals surface area contributed by atoms with E-state index in [9.17, 15) is 4.79 Å². The maximum absolute atomic E-state index is 11.1. The van der Waals surface area contributed by atoms with Crippen LogP contribution in [0.5, 0.6) is 0 Å². The summed E-state index contributed by atoms with van der Waals surface area (Å²) in [6.07, 6.45) is 2.63. The second-order valence-corrected chi connectivity index (χ2v) is 3.32. The number of aryl methyl sites for hydroxylation is 1. The maximum atomic E-state index is 11.1. The van der Waals surface area contributed by atoms with E-state index in [0.717, 1.165) is 11.3 Å². The van der Waals surface area contributed by atoms with Crippen molar-refractivity contribution in [3.8, 4) is 0 Å². The molecular weight excluding hydrogens is 174 g/mol. The van der Waals surface area contributed by atoms with Gasteiger partial charge < -0.3 is 4.74 Å². The molecule has 0 unspecified atom stereocenters. The molecule has 0 N–H and O–H groups in total. The molecule has 0 aliphatic rings. The van der Waals surface area contributed by atoms with Crippen LogP contribution in [-0.2, 0) is 11.2 Å². The molecule has 0 fully saturated rings. The van der Waals surface area contributed by atoms with Crippen LogP contribution in [0.3, 0.4) is 0 Å². The van der Waals surface area contributed by atoms with E-state index in [1.165, 1.54) is 11.3 Å². The number of nitrogens with zero attached hydrogens (tertiary/aromatic N) is 1. The Balaban J connectivity index is 2.68. The van der Waals surface area contributed by atoms with Gasteiger partial charge in [-0.3, -0.25) is 0 Å². The molecular formula is C8H11NO2S. The third kappa shape index (κ3) is 2.04. The summed E-state index contributed by atoms with van der Waals surface area (Å²) in [5.41, 5.74) is 0. The first kappa shape index (κ1) is 9.19. The number of ether oxygens (including phenoxy) is 1. The summed E-state index contributed by atoms with van der Waals surface area (Å²) >= 11 is 1.40. The molecule has 66 valence electrons. The van der Waals surface area contributed by atoms with Gasteiger partial charge in [0.25, 0.3) is 0 Å². The molecule has 0 spiro atoms. The van der Waals surface area contributed by atoms with Crippen molar-refractivity contribution in [1.82, 2.24) is 4.98 Å². The molecule has 1 aromatic heterocycles. The first-order valence-electron chi connectivity index (χ1n) is 3.89. The second-order valence-electron chi connectivity index (χ2n) is 2.21. The largest absolute Gasteiger partial charge is 0.461 e. The van der Waals surface area contributed by atoms with Gasteiger partial charge in [0, 0.05) is 11.1 Å². The zero-order valence-electron chi connectivity index (χ0n) is 7.16. The molecule has 0 aliphatic heterocycles. The van der Waals surface area contributed by atoms with Gasteiger partial charge in [0.1, 0.15) is 0 Å². The lowest BCUT2D eigenvalue weighted by molar-refractivity contribution is 0.0526.